The second-order valence-corrected chi connectivity index (χ2v) is 9.68. The van der Waals surface area contributed by atoms with Gasteiger partial charge in [0.05, 0.1) is 16.2 Å². The average Bonchev–Trinajstić information content (AvgIpc) is 2.75. The minimum Gasteiger partial charge on any atom is -0.339 e. The first kappa shape index (κ1) is 22.8. The number of fused-ring (bicyclic) bond motifs is 1. The van der Waals surface area contributed by atoms with Crippen LogP contribution in [0.2, 0.25) is 0 Å². The van der Waals surface area contributed by atoms with E-state index in [2.05, 4.69) is 16.7 Å². The van der Waals surface area contributed by atoms with Gasteiger partial charge in [-0.2, -0.15) is 0 Å². The zero-order valence-electron chi connectivity index (χ0n) is 18.6. The van der Waals surface area contributed by atoms with E-state index in [0.29, 0.717) is 28.6 Å². The first-order valence-corrected chi connectivity index (χ1v) is 11.9. The fourth-order valence-electron chi connectivity index (χ4n) is 4.14. The Labute approximate surface area is 183 Å². The van der Waals surface area contributed by atoms with Crippen LogP contribution in [0.3, 0.4) is 0 Å². The third-order valence-electron chi connectivity index (χ3n) is 5.83. The van der Waals surface area contributed by atoms with E-state index in [9.17, 15) is 9.59 Å². The van der Waals surface area contributed by atoms with Crippen LogP contribution in [0.1, 0.15) is 46.0 Å². The maximum Gasteiger partial charge on any atom is 0.262 e. The number of carbonyl (C=O) groups excluding carboxylic acids is 1. The minimum atomic E-state index is -0.273. The van der Waals surface area contributed by atoms with Gasteiger partial charge >= 0.3 is 0 Å². The van der Waals surface area contributed by atoms with E-state index in [1.54, 1.807) is 4.57 Å². The van der Waals surface area contributed by atoms with Crippen LogP contribution < -0.4 is 5.56 Å². The van der Waals surface area contributed by atoms with Crippen molar-refractivity contribution in [1.29, 1.82) is 0 Å². The molecule has 0 aliphatic carbocycles. The number of para-hydroxylation sites is 1. The Morgan fingerprint density at radius 1 is 1.30 bits per heavy atom. The maximum absolute atomic E-state index is 13.2. The van der Waals surface area contributed by atoms with Crippen molar-refractivity contribution < 1.29 is 4.79 Å². The van der Waals surface area contributed by atoms with Crippen molar-refractivity contribution in [3.8, 4) is 0 Å². The van der Waals surface area contributed by atoms with Crippen LogP contribution in [0.25, 0.3) is 10.9 Å². The molecular formula is C23H34N4O2S. The molecule has 0 radical (unpaired) electrons. The highest BCUT2D eigenvalue weighted by atomic mass is 32.2. The lowest BCUT2D eigenvalue weighted by Crippen LogP contribution is -2.46. The Morgan fingerprint density at radius 3 is 2.80 bits per heavy atom. The molecule has 1 aromatic heterocycles. The SMILES string of the molecule is CC[C@H]1CCCCN1C(=O)[C@H](C)Sc1nc2ccccc2c(=O)n1CCCN(C)C. The summed E-state index contributed by atoms with van der Waals surface area (Å²) < 4.78 is 1.76. The van der Waals surface area contributed by atoms with Crippen LogP contribution in [0, 0.1) is 0 Å². The van der Waals surface area contributed by atoms with Crippen molar-refractivity contribution in [3.63, 3.8) is 0 Å². The molecular weight excluding hydrogens is 396 g/mol. The summed E-state index contributed by atoms with van der Waals surface area (Å²) in [5.41, 5.74) is 0.670. The van der Waals surface area contributed by atoms with Crippen molar-refractivity contribution >= 4 is 28.6 Å². The predicted molar refractivity (Wildman–Crippen MR) is 124 cm³/mol. The lowest BCUT2D eigenvalue weighted by Gasteiger charge is -2.36. The Bertz CT molecular complexity index is 927. The summed E-state index contributed by atoms with van der Waals surface area (Å²) >= 11 is 1.42. The highest BCUT2D eigenvalue weighted by Gasteiger charge is 2.30. The Balaban J connectivity index is 1.87. The molecule has 1 saturated heterocycles. The van der Waals surface area contributed by atoms with E-state index in [4.69, 9.17) is 4.98 Å². The fraction of sp³-hybridized carbons (Fsp3) is 0.609. The van der Waals surface area contributed by atoms with Gasteiger partial charge in [0.15, 0.2) is 5.16 Å². The summed E-state index contributed by atoms with van der Waals surface area (Å²) in [5, 5.41) is 1.00. The Hall–Kier alpha value is -1.86. The largest absolute Gasteiger partial charge is 0.339 e. The number of benzene rings is 1. The summed E-state index contributed by atoms with van der Waals surface area (Å²) in [6.07, 6.45) is 5.20. The van der Waals surface area contributed by atoms with Gasteiger partial charge in [-0.1, -0.05) is 30.8 Å². The highest BCUT2D eigenvalue weighted by Crippen LogP contribution is 2.27. The van der Waals surface area contributed by atoms with E-state index in [1.807, 2.05) is 45.3 Å². The lowest BCUT2D eigenvalue weighted by molar-refractivity contribution is -0.134. The van der Waals surface area contributed by atoms with Crippen molar-refractivity contribution in [2.75, 3.05) is 27.2 Å². The number of amides is 1. The molecule has 0 bridgehead atoms. The van der Waals surface area contributed by atoms with E-state index in [0.717, 1.165) is 38.8 Å². The van der Waals surface area contributed by atoms with Crippen LogP contribution in [0.15, 0.2) is 34.2 Å². The third-order valence-corrected chi connectivity index (χ3v) is 6.90. The molecule has 1 amide bonds. The van der Waals surface area contributed by atoms with Crippen LogP contribution in [0.4, 0.5) is 0 Å². The van der Waals surface area contributed by atoms with Gasteiger partial charge in [0.25, 0.3) is 5.56 Å². The number of nitrogens with zero attached hydrogens (tertiary/aromatic N) is 4. The average molecular weight is 431 g/mol. The molecule has 30 heavy (non-hydrogen) atoms. The quantitative estimate of drug-likeness (QED) is 0.473. The number of likely N-dealkylation sites (tertiary alicyclic amines) is 1. The molecule has 1 aliphatic heterocycles. The van der Waals surface area contributed by atoms with E-state index in [-0.39, 0.29) is 16.7 Å². The summed E-state index contributed by atoms with van der Waals surface area (Å²) in [5.74, 6) is 0.161. The summed E-state index contributed by atoms with van der Waals surface area (Å²) in [6.45, 7) is 6.42. The molecule has 1 aliphatic rings. The van der Waals surface area contributed by atoms with Gasteiger partial charge in [-0.3, -0.25) is 14.2 Å². The van der Waals surface area contributed by atoms with Crippen molar-refractivity contribution in [2.24, 2.45) is 0 Å². The number of rotatable bonds is 8. The molecule has 1 aromatic carbocycles. The van der Waals surface area contributed by atoms with E-state index >= 15 is 0 Å². The first-order chi connectivity index (χ1) is 14.4. The van der Waals surface area contributed by atoms with E-state index in [1.165, 1.54) is 18.2 Å². The maximum atomic E-state index is 13.2. The number of hydrogen-bond acceptors (Lipinski definition) is 5. The number of hydrogen-bond donors (Lipinski definition) is 0. The van der Waals surface area contributed by atoms with Gasteiger partial charge in [0.2, 0.25) is 5.91 Å². The summed E-state index contributed by atoms with van der Waals surface area (Å²) in [6, 6.07) is 7.80. The molecule has 0 saturated carbocycles. The van der Waals surface area contributed by atoms with Gasteiger partial charge in [-0.15, -0.1) is 0 Å². The lowest BCUT2D eigenvalue weighted by atomic mass is 10.00. The number of piperidine rings is 1. The molecule has 6 nitrogen and oxygen atoms in total. The van der Waals surface area contributed by atoms with Crippen LogP contribution in [-0.4, -0.2) is 63.7 Å². The normalized spacial score (nSPS) is 18.2. The predicted octanol–water partition coefficient (Wildman–Crippen LogP) is 3.62. The van der Waals surface area contributed by atoms with Gasteiger partial charge in [0.1, 0.15) is 0 Å². The highest BCUT2D eigenvalue weighted by molar-refractivity contribution is 8.00. The third kappa shape index (κ3) is 5.24. The number of carbonyl (C=O) groups is 1. The van der Waals surface area contributed by atoms with Crippen molar-refractivity contribution in [2.45, 2.75) is 68.9 Å². The van der Waals surface area contributed by atoms with Crippen LogP contribution in [-0.2, 0) is 11.3 Å². The Morgan fingerprint density at radius 2 is 2.07 bits per heavy atom. The van der Waals surface area contributed by atoms with Gasteiger partial charge in [0, 0.05) is 19.1 Å². The van der Waals surface area contributed by atoms with Crippen LogP contribution >= 0.6 is 11.8 Å². The first-order valence-electron chi connectivity index (χ1n) is 11.0. The molecule has 0 unspecified atom stereocenters. The number of thioether (sulfide) groups is 1. The van der Waals surface area contributed by atoms with Crippen molar-refractivity contribution in [1.82, 2.24) is 19.4 Å². The Kier molecular flexibility index (Phi) is 7.94. The molecule has 2 atom stereocenters. The van der Waals surface area contributed by atoms with Crippen molar-refractivity contribution in [3.05, 3.63) is 34.6 Å². The fourth-order valence-corrected chi connectivity index (χ4v) is 5.14. The molecule has 0 N–H and O–H groups in total. The second kappa shape index (κ2) is 10.4. The minimum absolute atomic E-state index is 0.0223. The van der Waals surface area contributed by atoms with Gasteiger partial charge in [-0.05, 0) is 71.8 Å². The molecule has 2 aromatic rings. The summed E-state index contributed by atoms with van der Waals surface area (Å²) in [7, 11) is 4.06. The molecule has 3 rings (SSSR count). The zero-order chi connectivity index (χ0) is 21.7. The smallest absolute Gasteiger partial charge is 0.262 e. The zero-order valence-corrected chi connectivity index (χ0v) is 19.5. The molecule has 1 fully saturated rings. The number of aromatic nitrogens is 2. The van der Waals surface area contributed by atoms with Gasteiger partial charge in [-0.25, -0.2) is 4.98 Å². The molecule has 2 heterocycles. The molecule has 164 valence electrons. The van der Waals surface area contributed by atoms with Crippen LogP contribution in [0.5, 0.6) is 0 Å². The van der Waals surface area contributed by atoms with E-state index < -0.39 is 0 Å². The molecule has 0 spiro atoms. The topological polar surface area (TPSA) is 58.4 Å². The standard InChI is InChI=1S/C23H34N4O2S/c1-5-18-11-8-9-15-26(18)21(28)17(2)30-23-24-20-13-7-6-12-19(20)22(29)27(23)16-10-14-25(3)4/h6-7,12-13,17-18H,5,8-11,14-16H2,1-4H3/t17-,18-/m0/s1. The van der Waals surface area contributed by atoms with Gasteiger partial charge < -0.3 is 9.80 Å². The molecule has 7 heteroatoms. The summed E-state index contributed by atoms with van der Waals surface area (Å²) in [4.78, 5) is 35.3. The monoisotopic (exact) mass is 430 g/mol. The second-order valence-electron chi connectivity index (χ2n) is 8.37.